The lowest BCUT2D eigenvalue weighted by Crippen LogP contribution is -2.36. The van der Waals surface area contributed by atoms with E-state index < -0.39 is 15.8 Å². The number of rotatable bonds is 7. The highest BCUT2D eigenvalue weighted by Crippen LogP contribution is 2.22. The van der Waals surface area contributed by atoms with Gasteiger partial charge in [-0.1, -0.05) is 6.07 Å². The first-order chi connectivity index (χ1) is 9.34. The molecule has 0 aliphatic carbocycles. The molecule has 0 saturated heterocycles. The molecule has 0 saturated carbocycles. The molecule has 1 unspecified atom stereocenters. The molecule has 0 bridgehead atoms. The maximum atomic E-state index is 13.8. The van der Waals surface area contributed by atoms with Crippen LogP contribution in [0.5, 0.6) is 0 Å². The highest BCUT2D eigenvalue weighted by molar-refractivity contribution is 7.98. The molecule has 1 N–H and O–H groups in total. The van der Waals surface area contributed by atoms with Gasteiger partial charge in [0.15, 0.2) is 0 Å². The highest BCUT2D eigenvalue weighted by Gasteiger charge is 2.28. The van der Waals surface area contributed by atoms with Crippen LogP contribution in [-0.2, 0) is 16.6 Å². The number of aliphatic hydroxyl groups excluding tert-OH is 1. The topological polar surface area (TPSA) is 57.6 Å². The molecule has 1 rings (SSSR count). The summed E-state index contributed by atoms with van der Waals surface area (Å²) in [6, 6.07) is 3.40. The Bertz CT molecular complexity index is 549. The van der Waals surface area contributed by atoms with Gasteiger partial charge in [-0.15, -0.1) is 0 Å². The number of thioether (sulfide) groups is 1. The largest absolute Gasteiger partial charge is 0.392 e. The standard InChI is InChI=1S/C13H20FNO3S2/c1-10(6-7-19-3)15(2)20(17,18)13-8-11(9-16)4-5-12(13)14/h4-5,8,10,16H,6-7,9H2,1-3H3. The van der Waals surface area contributed by atoms with Crippen molar-refractivity contribution in [2.45, 2.75) is 30.9 Å². The van der Waals surface area contributed by atoms with Gasteiger partial charge in [-0.05, 0) is 43.0 Å². The van der Waals surface area contributed by atoms with E-state index in [0.29, 0.717) is 12.0 Å². The van der Waals surface area contributed by atoms with E-state index in [-0.39, 0.29) is 17.5 Å². The van der Waals surface area contributed by atoms with Crippen molar-refractivity contribution in [2.75, 3.05) is 19.1 Å². The van der Waals surface area contributed by atoms with Gasteiger partial charge in [-0.25, -0.2) is 12.8 Å². The van der Waals surface area contributed by atoms with E-state index in [1.54, 1.807) is 18.7 Å². The molecule has 0 amide bonds. The van der Waals surface area contributed by atoms with E-state index in [4.69, 9.17) is 5.11 Å². The Labute approximate surface area is 124 Å². The van der Waals surface area contributed by atoms with Gasteiger partial charge in [-0.2, -0.15) is 16.1 Å². The molecule has 7 heteroatoms. The normalized spacial score (nSPS) is 13.7. The second-order valence-electron chi connectivity index (χ2n) is 4.57. The number of aliphatic hydroxyl groups is 1. The summed E-state index contributed by atoms with van der Waals surface area (Å²) in [7, 11) is -2.44. The molecule has 0 aliphatic rings. The minimum atomic E-state index is -3.89. The van der Waals surface area contributed by atoms with Crippen molar-refractivity contribution >= 4 is 21.8 Å². The number of benzene rings is 1. The summed E-state index contributed by atoms with van der Waals surface area (Å²) in [4.78, 5) is -0.387. The second kappa shape index (κ2) is 7.40. The van der Waals surface area contributed by atoms with Gasteiger partial charge in [0, 0.05) is 13.1 Å². The number of sulfonamides is 1. The van der Waals surface area contributed by atoms with Crippen molar-refractivity contribution in [3.63, 3.8) is 0 Å². The van der Waals surface area contributed by atoms with Crippen molar-refractivity contribution in [1.82, 2.24) is 4.31 Å². The Morgan fingerprint density at radius 3 is 2.65 bits per heavy atom. The van der Waals surface area contributed by atoms with E-state index in [1.165, 1.54) is 23.5 Å². The summed E-state index contributed by atoms with van der Waals surface area (Å²) >= 11 is 1.63. The van der Waals surface area contributed by atoms with Gasteiger partial charge >= 0.3 is 0 Å². The summed E-state index contributed by atoms with van der Waals surface area (Å²) in [5, 5.41) is 9.05. The molecule has 4 nitrogen and oxygen atoms in total. The molecule has 0 fully saturated rings. The van der Waals surface area contributed by atoms with Crippen LogP contribution in [0.4, 0.5) is 4.39 Å². The van der Waals surface area contributed by atoms with Crippen LogP contribution in [0.3, 0.4) is 0 Å². The van der Waals surface area contributed by atoms with Gasteiger partial charge in [0.1, 0.15) is 10.7 Å². The Morgan fingerprint density at radius 1 is 1.45 bits per heavy atom. The monoisotopic (exact) mass is 321 g/mol. The van der Waals surface area contributed by atoms with Crippen LogP contribution in [0.15, 0.2) is 23.1 Å². The predicted molar refractivity (Wildman–Crippen MR) is 79.7 cm³/mol. The lowest BCUT2D eigenvalue weighted by atomic mass is 10.2. The number of hydrogen-bond donors (Lipinski definition) is 1. The Morgan fingerprint density at radius 2 is 2.10 bits per heavy atom. The van der Waals surface area contributed by atoms with E-state index in [1.807, 2.05) is 6.26 Å². The van der Waals surface area contributed by atoms with Crippen LogP contribution in [0.25, 0.3) is 0 Å². The zero-order valence-electron chi connectivity index (χ0n) is 11.8. The van der Waals surface area contributed by atoms with Gasteiger partial charge < -0.3 is 5.11 Å². The van der Waals surface area contributed by atoms with E-state index in [0.717, 1.165) is 11.8 Å². The second-order valence-corrected chi connectivity index (χ2v) is 7.53. The summed E-state index contributed by atoms with van der Waals surface area (Å²) in [6.07, 6.45) is 2.64. The Hall–Kier alpha value is -0.630. The van der Waals surface area contributed by atoms with Crippen molar-refractivity contribution < 1.29 is 17.9 Å². The Balaban J connectivity index is 3.09. The minimum absolute atomic E-state index is 0.218. The summed E-state index contributed by atoms with van der Waals surface area (Å²) in [6.45, 7) is 1.47. The molecule has 20 heavy (non-hydrogen) atoms. The minimum Gasteiger partial charge on any atom is -0.392 e. The Kier molecular flexibility index (Phi) is 6.44. The first-order valence-electron chi connectivity index (χ1n) is 6.20. The zero-order valence-corrected chi connectivity index (χ0v) is 13.5. The highest BCUT2D eigenvalue weighted by atomic mass is 32.2. The number of hydrogen-bond acceptors (Lipinski definition) is 4. The smallest absolute Gasteiger partial charge is 0.245 e. The molecule has 1 aromatic carbocycles. The fourth-order valence-corrected chi connectivity index (χ4v) is 3.79. The van der Waals surface area contributed by atoms with Crippen molar-refractivity contribution in [2.24, 2.45) is 0 Å². The first kappa shape index (κ1) is 17.4. The van der Waals surface area contributed by atoms with Gasteiger partial charge in [0.25, 0.3) is 0 Å². The molecule has 0 heterocycles. The first-order valence-corrected chi connectivity index (χ1v) is 9.04. The fraction of sp³-hybridized carbons (Fsp3) is 0.538. The molecular formula is C13H20FNO3S2. The fourth-order valence-electron chi connectivity index (χ4n) is 1.71. The van der Waals surface area contributed by atoms with Crippen LogP contribution < -0.4 is 0 Å². The van der Waals surface area contributed by atoms with Gasteiger partial charge in [0.2, 0.25) is 10.0 Å². The van der Waals surface area contributed by atoms with Gasteiger partial charge in [0.05, 0.1) is 6.61 Å². The molecule has 114 valence electrons. The van der Waals surface area contributed by atoms with E-state index >= 15 is 0 Å². The molecule has 0 spiro atoms. The molecule has 0 aromatic heterocycles. The maximum Gasteiger partial charge on any atom is 0.245 e. The average molecular weight is 321 g/mol. The van der Waals surface area contributed by atoms with Crippen LogP contribution in [-0.4, -0.2) is 42.9 Å². The van der Waals surface area contributed by atoms with Crippen molar-refractivity contribution in [1.29, 1.82) is 0 Å². The summed E-state index contributed by atoms with van der Waals surface area (Å²) < 4.78 is 39.8. The third kappa shape index (κ3) is 3.94. The summed E-state index contributed by atoms with van der Waals surface area (Å²) in [5.74, 6) is 0.0336. The SMILES string of the molecule is CSCCC(C)N(C)S(=O)(=O)c1cc(CO)ccc1F. The molecule has 0 radical (unpaired) electrons. The molecule has 1 aromatic rings. The molecule has 0 aliphatic heterocycles. The lowest BCUT2D eigenvalue weighted by Gasteiger charge is -2.24. The maximum absolute atomic E-state index is 13.8. The molecular weight excluding hydrogens is 301 g/mol. The predicted octanol–water partition coefficient (Wildman–Crippen LogP) is 2.08. The van der Waals surface area contributed by atoms with Crippen LogP contribution in [0.2, 0.25) is 0 Å². The van der Waals surface area contributed by atoms with Crippen molar-refractivity contribution in [3.8, 4) is 0 Å². The van der Waals surface area contributed by atoms with E-state index in [2.05, 4.69) is 0 Å². The van der Waals surface area contributed by atoms with Gasteiger partial charge in [-0.3, -0.25) is 0 Å². The van der Waals surface area contributed by atoms with Crippen LogP contribution >= 0.6 is 11.8 Å². The van der Waals surface area contributed by atoms with E-state index in [9.17, 15) is 12.8 Å². The molecule has 1 atom stereocenters. The van der Waals surface area contributed by atoms with Crippen LogP contribution in [0, 0.1) is 5.82 Å². The van der Waals surface area contributed by atoms with Crippen LogP contribution in [0.1, 0.15) is 18.9 Å². The third-order valence-corrected chi connectivity index (χ3v) is 5.83. The number of halogens is 1. The average Bonchev–Trinajstić information content (AvgIpc) is 2.44. The zero-order chi connectivity index (χ0) is 15.3. The quantitative estimate of drug-likeness (QED) is 0.835. The van der Waals surface area contributed by atoms with Crippen molar-refractivity contribution in [3.05, 3.63) is 29.6 Å². The summed E-state index contributed by atoms with van der Waals surface area (Å²) in [5.41, 5.74) is 0.371. The number of nitrogens with zero attached hydrogens (tertiary/aromatic N) is 1. The lowest BCUT2D eigenvalue weighted by molar-refractivity contribution is 0.281. The third-order valence-electron chi connectivity index (χ3n) is 3.20.